The minimum absolute atomic E-state index is 0.234. The summed E-state index contributed by atoms with van der Waals surface area (Å²) in [6, 6.07) is 15.9. The van der Waals surface area contributed by atoms with Gasteiger partial charge in [0.05, 0.1) is 24.4 Å². The van der Waals surface area contributed by atoms with Crippen molar-refractivity contribution in [3.8, 4) is 0 Å². The molecule has 7 nitrogen and oxygen atoms in total. The standard InChI is InChI=1S/C25H21ClN2O5S/c1-13-14(2)34-24(18(13)25(31)32-3)27-22(29)19-20(15-7-5-4-6-8-15)28(33-21(19)23(27)30)17-11-9-16(26)10-12-17/h4-12,19-21H,1-3H3/t19-,20-,21+/m1/s1. The maximum atomic E-state index is 13.8. The van der Waals surface area contributed by atoms with E-state index in [1.54, 1.807) is 36.3 Å². The molecule has 174 valence electrons. The molecule has 0 spiro atoms. The van der Waals surface area contributed by atoms with Crippen LogP contribution < -0.4 is 9.96 Å². The van der Waals surface area contributed by atoms with Gasteiger partial charge in [-0.2, -0.15) is 0 Å². The summed E-state index contributed by atoms with van der Waals surface area (Å²) < 4.78 is 4.94. The van der Waals surface area contributed by atoms with Gasteiger partial charge in [0.2, 0.25) is 5.91 Å². The summed E-state index contributed by atoms with van der Waals surface area (Å²) in [5, 5.41) is 2.46. The van der Waals surface area contributed by atoms with Crippen molar-refractivity contribution < 1.29 is 24.0 Å². The largest absolute Gasteiger partial charge is 0.465 e. The lowest BCUT2D eigenvalue weighted by molar-refractivity contribution is -0.126. The minimum atomic E-state index is -1.03. The summed E-state index contributed by atoms with van der Waals surface area (Å²) in [5.41, 5.74) is 2.43. The van der Waals surface area contributed by atoms with Crippen molar-refractivity contribution in [2.45, 2.75) is 26.0 Å². The van der Waals surface area contributed by atoms with Crippen molar-refractivity contribution in [1.29, 1.82) is 0 Å². The van der Waals surface area contributed by atoms with Crippen molar-refractivity contribution in [3.05, 3.63) is 81.2 Å². The highest BCUT2D eigenvalue weighted by Gasteiger charge is 2.61. The molecule has 2 aliphatic rings. The predicted molar refractivity (Wildman–Crippen MR) is 129 cm³/mol. The Balaban J connectivity index is 1.60. The van der Waals surface area contributed by atoms with Crippen LogP contribution in [0.25, 0.3) is 0 Å². The number of hydroxylamine groups is 1. The average Bonchev–Trinajstić information content (AvgIpc) is 3.45. The fraction of sp³-hybridized carbons (Fsp3) is 0.240. The zero-order valence-corrected chi connectivity index (χ0v) is 20.2. The van der Waals surface area contributed by atoms with Gasteiger partial charge in [-0.3, -0.25) is 14.4 Å². The second kappa shape index (κ2) is 8.54. The van der Waals surface area contributed by atoms with Crippen molar-refractivity contribution in [1.82, 2.24) is 0 Å². The minimum Gasteiger partial charge on any atom is -0.465 e. The highest BCUT2D eigenvalue weighted by molar-refractivity contribution is 7.17. The Morgan fingerprint density at radius 2 is 1.71 bits per heavy atom. The van der Waals surface area contributed by atoms with E-state index < -0.39 is 35.8 Å². The van der Waals surface area contributed by atoms with Crippen molar-refractivity contribution in [3.63, 3.8) is 0 Å². The van der Waals surface area contributed by atoms with Gasteiger partial charge in [0, 0.05) is 9.90 Å². The summed E-state index contributed by atoms with van der Waals surface area (Å²) in [6.45, 7) is 3.62. The molecule has 0 aliphatic carbocycles. The number of hydrogen-bond acceptors (Lipinski definition) is 7. The van der Waals surface area contributed by atoms with Crippen LogP contribution in [-0.2, 0) is 19.2 Å². The molecule has 2 fully saturated rings. The summed E-state index contributed by atoms with van der Waals surface area (Å²) in [6.07, 6.45) is -1.03. The Labute approximate surface area is 205 Å². The second-order valence-corrected chi connectivity index (χ2v) is 9.82. The number of aryl methyl sites for hydroxylation is 1. The van der Waals surface area contributed by atoms with E-state index in [9.17, 15) is 14.4 Å². The summed E-state index contributed by atoms with van der Waals surface area (Å²) in [5.74, 6) is -2.29. The molecule has 0 radical (unpaired) electrons. The van der Waals surface area contributed by atoms with E-state index in [1.165, 1.54) is 18.4 Å². The summed E-state index contributed by atoms with van der Waals surface area (Å²) in [4.78, 5) is 48.0. The number of esters is 1. The van der Waals surface area contributed by atoms with E-state index >= 15 is 0 Å². The van der Waals surface area contributed by atoms with Crippen LogP contribution in [0.3, 0.4) is 0 Å². The monoisotopic (exact) mass is 496 g/mol. The molecular weight excluding hydrogens is 476 g/mol. The molecule has 3 aromatic rings. The molecule has 3 heterocycles. The normalized spacial score (nSPS) is 21.8. The molecule has 5 rings (SSSR count). The molecule has 9 heteroatoms. The quantitative estimate of drug-likeness (QED) is 0.379. The maximum absolute atomic E-state index is 13.8. The number of ether oxygens (including phenoxy) is 1. The number of nitrogens with zero attached hydrogens (tertiary/aromatic N) is 2. The first-order valence-electron chi connectivity index (χ1n) is 10.7. The molecule has 2 saturated heterocycles. The van der Waals surface area contributed by atoms with E-state index in [0.717, 1.165) is 15.3 Å². The molecule has 0 bridgehead atoms. The number of carbonyl (C=O) groups is 3. The topological polar surface area (TPSA) is 76.2 Å². The Kier molecular flexibility index (Phi) is 5.67. The lowest BCUT2D eigenvalue weighted by Gasteiger charge is -2.28. The Morgan fingerprint density at radius 1 is 1.03 bits per heavy atom. The van der Waals surface area contributed by atoms with Gasteiger partial charge in [-0.15, -0.1) is 11.3 Å². The van der Waals surface area contributed by atoms with Crippen LogP contribution >= 0.6 is 22.9 Å². The number of methoxy groups -OCH3 is 1. The Morgan fingerprint density at radius 3 is 2.35 bits per heavy atom. The molecule has 0 N–H and O–H groups in total. The van der Waals surface area contributed by atoms with Crippen LogP contribution in [0.4, 0.5) is 10.7 Å². The highest BCUT2D eigenvalue weighted by atomic mass is 35.5. The fourth-order valence-electron chi connectivity index (χ4n) is 4.52. The zero-order chi connectivity index (χ0) is 24.1. The number of halogens is 1. The first-order valence-corrected chi connectivity index (χ1v) is 11.9. The van der Waals surface area contributed by atoms with Crippen molar-refractivity contribution >= 4 is 51.4 Å². The molecular formula is C25H21ClN2O5S. The highest BCUT2D eigenvalue weighted by Crippen LogP contribution is 2.49. The number of thiophene rings is 1. The number of fused-ring (bicyclic) bond motifs is 1. The van der Waals surface area contributed by atoms with Crippen LogP contribution in [0.15, 0.2) is 54.6 Å². The number of carbonyl (C=O) groups excluding carboxylic acids is 3. The van der Waals surface area contributed by atoms with E-state index in [-0.39, 0.29) is 10.6 Å². The smallest absolute Gasteiger partial charge is 0.341 e. The van der Waals surface area contributed by atoms with Crippen LogP contribution in [0.1, 0.15) is 32.4 Å². The van der Waals surface area contributed by atoms with Crippen LogP contribution in [0.2, 0.25) is 5.02 Å². The lowest BCUT2D eigenvalue weighted by Crippen LogP contribution is -2.37. The molecule has 34 heavy (non-hydrogen) atoms. The fourth-order valence-corrected chi connectivity index (χ4v) is 5.81. The number of imide groups is 1. The van der Waals surface area contributed by atoms with E-state index in [1.807, 2.05) is 37.3 Å². The molecule has 0 unspecified atom stereocenters. The van der Waals surface area contributed by atoms with Gasteiger partial charge in [0.1, 0.15) is 10.9 Å². The van der Waals surface area contributed by atoms with Crippen molar-refractivity contribution in [2.75, 3.05) is 17.1 Å². The third-order valence-corrected chi connectivity index (χ3v) is 7.74. The Hall–Kier alpha value is -3.20. The summed E-state index contributed by atoms with van der Waals surface area (Å²) >= 11 is 7.28. The predicted octanol–water partition coefficient (Wildman–Crippen LogP) is 4.86. The first kappa shape index (κ1) is 22.6. The molecule has 1 aromatic heterocycles. The maximum Gasteiger partial charge on any atom is 0.341 e. The zero-order valence-electron chi connectivity index (χ0n) is 18.7. The second-order valence-electron chi connectivity index (χ2n) is 8.18. The van der Waals surface area contributed by atoms with Crippen LogP contribution in [-0.4, -0.2) is 31.0 Å². The third-order valence-electron chi connectivity index (χ3n) is 6.30. The number of rotatable bonds is 4. The number of anilines is 2. The van der Waals surface area contributed by atoms with Gasteiger partial charge < -0.3 is 4.74 Å². The van der Waals surface area contributed by atoms with Gasteiger partial charge in [0.25, 0.3) is 5.91 Å². The van der Waals surface area contributed by atoms with Gasteiger partial charge >= 0.3 is 5.97 Å². The molecule has 2 aromatic carbocycles. The van der Waals surface area contributed by atoms with E-state index in [0.29, 0.717) is 16.3 Å². The SMILES string of the molecule is COC(=O)c1c(N2C(=O)[C@H]3[C@H](ON(c4ccc(Cl)cc4)[C@@H]3c3ccccc3)C2=O)sc(C)c1C. The molecule has 0 saturated carbocycles. The van der Waals surface area contributed by atoms with E-state index in [2.05, 4.69) is 0 Å². The van der Waals surface area contributed by atoms with Gasteiger partial charge in [-0.1, -0.05) is 41.9 Å². The first-order chi connectivity index (χ1) is 16.3. The van der Waals surface area contributed by atoms with Crippen molar-refractivity contribution in [2.24, 2.45) is 5.92 Å². The summed E-state index contributed by atoms with van der Waals surface area (Å²) in [7, 11) is 1.28. The van der Waals surface area contributed by atoms with E-state index in [4.69, 9.17) is 21.2 Å². The van der Waals surface area contributed by atoms with Crippen LogP contribution in [0.5, 0.6) is 0 Å². The average molecular weight is 497 g/mol. The molecule has 2 amide bonds. The lowest BCUT2D eigenvalue weighted by atomic mass is 9.90. The third kappa shape index (κ3) is 3.41. The van der Waals surface area contributed by atoms with Gasteiger partial charge in [0.15, 0.2) is 6.10 Å². The number of amides is 2. The van der Waals surface area contributed by atoms with Crippen LogP contribution in [0, 0.1) is 19.8 Å². The number of benzene rings is 2. The Bertz CT molecular complexity index is 1290. The molecule has 2 aliphatic heterocycles. The van der Waals surface area contributed by atoms with Gasteiger partial charge in [-0.25, -0.2) is 14.8 Å². The number of hydrogen-bond donors (Lipinski definition) is 0. The molecule has 3 atom stereocenters. The van der Waals surface area contributed by atoms with Gasteiger partial charge in [-0.05, 0) is 49.2 Å².